The number of cyclic esters (lactones) is 1. The van der Waals surface area contributed by atoms with Crippen LogP contribution < -0.4 is 0 Å². The lowest BCUT2D eigenvalue weighted by Crippen LogP contribution is -2.07. The third-order valence-electron chi connectivity index (χ3n) is 2.03. The Kier molecular flexibility index (Phi) is 2.55. The molecule has 2 rings (SSSR count). The summed E-state index contributed by atoms with van der Waals surface area (Å²) >= 11 is 1.45. The molecule has 0 bridgehead atoms. The molecule has 0 unspecified atom stereocenters. The minimum Gasteiger partial charge on any atom is -0.511 e. The number of esters is 1. The van der Waals surface area contributed by atoms with Crippen LogP contribution >= 0.6 is 11.3 Å². The van der Waals surface area contributed by atoms with Gasteiger partial charge in [0, 0.05) is 11.3 Å². The number of aliphatic hydroxyl groups is 1. The molecule has 78 valence electrons. The number of hydrogen-bond donors (Lipinski definition) is 1. The Morgan fingerprint density at radius 1 is 1.53 bits per heavy atom. The lowest BCUT2D eigenvalue weighted by molar-refractivity contribution is -0.135. The molecule has 5 heteroatoms. The average Bonchev–Trinajstić information content (AvgIpc) is 2.77. The van der Waals surface area contributed by atoms with Crippen molar-refractivity contribution in [1.82, 2.24) is 0 Å². The highest BCUT2D eigenvalue weighted by Gasteiger charge is 2.31. The van der Waals surface area contributed by atoms with Crippen LogP contribution in [0.5, 0.6) is 0 Å². The normalized spacial score (nSPS) is 19.2. The monoisotopic (exact) mass is 224 g/mol. The summed E-state index contributed by atoms with van der Waals surface area (Å²) in [4.78, 5) is 23.2. The molecule has 1 fully saturated rings. The number of carbonyl (C=O) groups is 2. The van der Waals surface area contributed by atoms with Crippen molar-refractivity contribution in [2.24, 2.45) is 0 Å². The molecule has 0 saturated carbocycles. The predicted molar refractivity (Wildman–Crippen MR) is 53.6 cm³/mol. The third kappa shape index (κ3) is 1.92. The summed E-state index contributed by atoms with van der Waals surface area (Å²) in [5.74, 6) is -1.38. The second-order valence-corrected chi connectivity index (χ2v) is 4.11. The number of thiophene rings is 1. The van der Waals surface area contributed by atoms with Gasteiger partial charge in [-0.2, -0.15) is 0 Å². The highest BCUT2D eigenvalue weighted by atomic mass is 32.1. The number of allylic oxidation sites excluding steroid dienone is 1. The Hall–Kier alpha value is -1.62. The molecule has 0 amide bonds. The minimum atomic E-state index is -0.728. The molecule has 1 aliphatic heterocycles. The average molecular weight is 224 g/mol. The maximum atomic E-state index is 11.2. The van der Waals surface area contributed by atoms with Crippen molar-refractivity contribution >= 4 is 23.1 Å². The van der Waals surface area contributed by atoms with Gasteiger partial charge in [-0.05, 0) is 11.4 Å². The van der Waals surface area contributed by atoms with Gasteiger partial charge < -0.3 is 9.84 Å². The Morgan fingerprint density at radius 2 is 2.33 bits per heavy atom. The van der Waals surface area contributed by atoms with E-state index in [1.165, 1.54) is 11.3 Å². The second kappa shape index (κ2) is 3.86. The fourth-order valence-corrected chi connectivity index (χ4v) is 2.04. The number of Topliss-reactive ketones (excluding diaryl/α,β-unsaturated/α-hetero) is 1. The van der Waals surface area contributed by atoms with Gasteiger partial charge in [0.05, 0.1) is 0 Å². The van der Waals surface area contributed by atoms with Gasteiger partial charge in [-0.1, -0.05) is 6.07 Å². The van der Waals surface area contributed by atoms with Crippen LogP contribution in [0, 0.1) is 0 Å². The first-order valence-corrected chi connectivity index (χ1v) is 5.21. The predicted octanol–water partition coefficient (Wildman–Crippen LogP) is 1.23. The highest BCUT2D eigenvalue weighted by Crippen LogP contribution is 2.19. The van der Waals surface area contributed by atoms with Crippen LogP contribution in [0.3, 0.4) is 0 Å². The first-order valence-electron chi connectivity index (χ1n) is 4.33. The summed E-state index contributed by atoms with van der Waals surface area (Å²) < 4.78 is 4.52. The summed E-state index contributed by atoms with van der Waals surface area (Å²) in [7, 11) is 0. The zero-order valence-corrected chi connectivity index (χ0v) is 8.54. The van der Waals surface area contributed by atoms with Crippen molar-refractivity contribution < 1.29 is 19.4 Å². The van der Waals surface area contributed by atoms with E-state index >= 15 is 0 Å². The first kappa shape index (κ1) is 9.92. The number of ether oxygens (including phenoxy) is 1. The quantitative estimate of drug-likeness (QED) is 0.355. The van der Waals surface area contributed by atoms with Crippen molar-refractivity contribution in [3.8, 4) is 0 Å². The van der Waals surface area contributed by atoms with Crippen LogP contribution in [0.4, 0.5) is 0 Å². The van der Waals surface area contributed by atoms with Crippen molar-refractivity contribution in [1.29, 1.82) is 0 Å². The third-order valence-corrected chi connectivity index (χ3v) is 2.90. The molecule has 0 radical (unpaired) electrons. The Labute approximate surface area is 89.8 Å². The van der Waals surface area contributed by atoms with Gasteiger partial charge in [0.2, 0.25) is 5.78 Å². The van der Waals surface area contributed by atoms with Crippen molar-refractivity contribution in [2.45, 2.75) is 6.42 Å². The maximum absolute atomic E-state index is 11.2. The van der Waals surface area contributed by atoms with Crippen molar-refractivity contribution in [2.75, 3.05) is 6.61 Å². The Morgan fingerprint density at radius 3 is 2.87 bits per heavy atom. The van der Waals surface area contributed by atoms with E-state index in [-0.39, 0.29) is 24.4 Å². The molecule has 0 spiro atoms. The molecule has 4 nitrogen and oxygen atoms in total. The molecule has 0 atom stereocenters. The van der Waals surface area contributed by atoms with E-state index < -0.39 is 11.8 Å². The zero-order valence-electron chi connectivity index (χ0n) is 7.73. The van der Waals surface area contributed by atoms with Crippen LogP contribution in [0.2, 0.25) is 0 Å². The zero-order chi connectivity index (χ0) is 10.8. The fourth-order valence-electron chi connectivity index (χ4n) is 1.33. The minimum absolute atomic E-state index is 0.202. The second-order valence-electron chi connectivity index (χ2n) is 3.08. The van der Waals surface area contributed by atoms with Gasteiger partial charge in [0.25, 0.3) is 0 Å². The number of rotatable bonds is 2. The summed E-state index contributed by atoms with van der Waals surface area (Å²) in [6.45, 7) is -0.261. The van der Waals surface area contributed by atoms with E-state index in [4.69, 9.17) is 0 Å². The van der Waals surface area contributed by atoms with E-state index in [9.17, 15) is 14.7 Å². The van der Waals surface area contributed by atoms with E-state index in [2.05, 4.69) is 4.74 Å². The lowest BCUT2D eigenvalue weighted by atomic mass is 10.1. The molecule has 15 heavy (non-hydrogen) atoms. The summed E-state index contributed by atoms with van der Waals surface area (Å²) in [6.07, 6.45) is 0.202. The van der Waals surface area contributed by atoms with Gasteiger partial charge in [0.1, 0.15) is 11.3 Å². The number of ketones is 1. The number of aliphatic hydroxyl groups excluding tert-OH is 1. The van der Waals surface area contributed by atoms with Crippen LogP contribution in [-0.4, -0.2) is 23.5 Å². The van der Waals surface area contributed by atoms with Crippen molar-refractivity contribution in [3.05, 3.63) is 33.7 Å². The maximum Gasteiger partial charge on any atom is 0.345 e. The molecular formula is C10H8O4S. The molecular weight excluding hydrogens is 216 g/mol. The molecule has 1 saturated heterocycles. The lowest BCUT2D eigenvalue weighted by Gasteiger charge is -1.98. The number of carbonyl (C=O) groups excluding carboxylic acids is 2. The van der Waals surface area contributed by atoms with Gasteiger partial charge in [-0.25, -0.2) is 4.79 Å². The number of hydrogen-bond acceptors (Lipinski definition) is 5. The molecule has 0 aliphatic carbocycles. The van der Waals surface area contributed by atoms with E-state index in [1.54, 1.807) is 0 Å². The van der Waals surface area contributed by atoms with E-state index in [0.717, 1.165) is 4.88 Å². The van der Waals surface area contributed by atoms with Crippen LogP contribution in [0.25, 0.3) is 0 Å². The molecule has 1 aromatic heterocycles. The SMILES string of the molecule is O=C1COC(=O)C1=C(O)Cc1cccs1. The van der Waals surface area contributed by atoms with E-state index in [1.807, 2.05) is 17.5 Å². The molecule has 0 aromatic carbocycles. The van der Waals surface area contributed by atoms with Gasteiger partial charge in [-0.15, -0.1) is 11.3 Å². The van der Waals surface area contributed by atoms with Gasteiger partial charge >= 0.3 is 5.97 Å². The largest absolute Gasteiger partial charge is 0.511 e. The van der Waals surface area contributed by atoms with E-state index in [0.29, 0.717) is 0 Å². The van der Waals surface area contributed by atoms with Crippen molar-refractivity contribution in [3.63, 3.8) is 0 Å². The van der Waals surface area contributed by atoms with Gasteiger partial charge in [0.15, 0.2) is 6.61 Å². The molecule has 1 aromatic rings. The smallest absolute Gasteiger partial charge is 0.345 e. The highest BCUT2D eigenvalue weighted by molar-refractivity contribution is 7.09. The van der Waals surface area contributed by atoms with Crippen LogP contribution in [-0.2, 0) is 20.7 Å². The Balaban J connectivity index is 2.25. The summed E-state index contributed by atoms with van der Waals surface area (Å²) in [6, 6.07) is 3.67. The summed E-state index contributed by atoms with van der Waals surface area (Å²) in [5.41, 5.74) is -0.205. The first-order chi connectivity index (χ1) is 7.18. The topological polar surface area (TPSA) is 63.6 Å². The molecule has 1 aliphatic rings. The standard InChI is InChI=1S/C10H8O4S/c11-7(4-6-2-1-3-15-6)9-8(12)5-14-10(9)13/h1-3,11H,4-5H2. The molecule has 1 N–H and O–H groups in total. The van der Waals surface area contributed by atoms with Crippen LogP contribution in [0.15, 0.2) is 28.8 Å². The molecule has 2 heterocycles. The van der Waals surface area contributed by atoms with Gasteiger partial charge in [-0.3, -0.25) is 4.79 Å². The summed E-state index contributed by atoms with van der Waals surface area (Å²) in [5, 5.41) is 11.5. The van der Waals surface area contributed by atoms with Crippen LogP contribution in [0.1, 0.15) is 4.88 Å². The Bertz CT molecular complexity index is 412. The fraction of sp³-hybridized carbons (Fsp3) is 0.200.